The Labute approximate surface area is 93.1 Å². The first-order valence-electron chi connectivity index (χ1n) is 4.80. The van der Waals surface area contributed by atoms with Gasteiger partial charge in [0.2, 0.25) is 0 Å². The molecule has 2 nitrogen and oxygen atoms in total. The van der Waals surface area contributed by atoms with Crippen LogP contribution >= 0.6 is 11.8 Å². The van der Waals surface area contributed by atoms with E-state index in [9.17, 15) is 9.50 Å². The quantitative estimate of drug-likeness (QED) is 0.780. The van der Waals surface area contributed by atoms with Crippen LogP contribution in [0.15, 0.2) is 23.1 Å². The zero-order valence-electron chi connectivity index (χ0n) is 8.77. The summed E-state index contributed by atoms with van der Waals surface area (Å²) < 4.78 is 13.4. The van der Waals surface area contributed by atoms with Crippen LogP contribution in [0, 0.1) is 5.82 Å². The molecule has 1 unspecified atom stereocenters. The average Bonchev–Trinajstić information content (AvgIpc) is 2.17. The van der Waals surface area contributed by atoms with Gasteiger partial charge in [-0.1, -0.05) is 13.0 Å². The summed E-state index contributed by atoms with van der Waals surface area (Å²) in [7, 11) is 0. The Balaban J connectivity index is 3.00. The third-order valence-corrected chi connectivity index (χ3v) is 3.18. The van der Waals surface area contributed by atoms with Crippen molar-refractivity contribution in [3.8, 4) is 0 Å². The maximum absolute atomic E-state index is 13.4. The summed E-state index contributed by atoms with van der Waals surface area (Å²) in [5, 5.41) is 18.4. The molecule has 1 aromatic carbocycles. The van der Waals surface area contributed by atoms with Crippen LogP contribution < -0.4 is 0 Å². The number of thioether (sulfide) groups is 1. The Morgan fingerprint density at radius 2 is 2.07 bits per heavy atom. The first-order chi connectivity index (χ1) is 7.06. The Hall–Kier alpha value is -0.580. The van der Waals surface area contributed by atoms with Gasteiger partial charge in [-0.05, 0) is 19.1 Å². The number of aliphatic hydroxyl groups excluding tert-OH is 2. The second kappa shape index (κ2) is 5.49. The van der Waals surface area contributed by atoms with E-state index in [4.69, 9.17) is 5.11 Å². The smallest absolute Gasteiger partial charge is 0.130 e. The molecule has 0 aromatic heterocycles. The van der Waals surface area contributed by atoms with E-state index >= 15 is 0 Å². The standard InChI is InChI=1S/C11H15FO2S/c1-7(6-13)15-10-5-3-4-9(12)11(10)8(2)14/h3-5,7-8,13-14H,6H2,1-2H3/t7?,8-/m0/s1. The molecule has 2 N–H and O–H groups in total. The number of rotatable bonds is 4. The van der Waals surface area contributed by atoms with E-state index in [-0.39, 0.29) is 11.9 Å². The largest absolute Gasteiger partial charge is 0.395 e. The molecule has 0 bridgehead atoms. The minimum absolute atomic E-state index is 0.00991. The molecule has 0 aliphatic rings. The van der Waals surface area contributed by atoms with Gasteiger partial charge in [0.05, 0.1) is 12.7 Å². The van der Waals surface area contributed by atoms with Gasteiger partial charge in [0.1, 0.15) is 5.82 Å². The van der Waals surface area contributed by atoms with Crippen LogP contribution in [-0.2, 0) is 0 Å². The van der Waals surface area contributed by atoms with E-state index in [1.165, 1.54) is 24.8 Å². The molecular formula is C11H15FO2S. The van der Waals surface area contributed by atoms with Crippen LogP contribution in [0.3, 0.4) is 0 Å². The van der Waals surface area contributed by atoms with Crippen molar-refractivity contribution in [1.29, 1.82) is 0 Å². The third-order valence-electron chi connectivity index (χ3n) is 2.02. The lowest BCUT2D eigenvalue weighted by atomic mass is 10.1. The molecule has 2 atom stereocenters. The van der Waals surface area contributed by atoms with Crippen molar-refractivity contribution in [2.24, 2.45) is 0 Å². The normalized spacial score (nSPS) is 15.0. The van der Waals surface area contributed by atoms with Crippen LogP contribution in [0.2, 0.25) is 0 Å². The highest BCUT2D eigenvalue weighted by Gasteiger charge is 2.15. The van der Waals surface area contributed by atoms with Crippen LogP contribution in [0.1, 0.15) is 25.5 Å². The lowest BCUT2D eigenvalue weighted by molar-refractivity contribution is 0.191. The summed E-state index contributed by atoms with van der Waals surface area (Å²) in [6.45, 7) is 3.41. The number of hydrogen-bond donors (Lipinski definition) is 2. The van der Waals surface area contributed by atoms with Gasteiger partial charge in [-0.25, -0.2) is 4.39 Å². The maximum atomic E-state index is 13.4. The molecule has 0 radical (unpaired) electrons. The molecule has 0 aliphatic heterocycles. The van der Waals surface area contributed by atoms with E-state index in [0.29, 0.717) is 10.5 Å². The summed E-state index contributed by atoms with van der Waals surface area (Å²) >= 11 is 1.36. The van der Waals surface area contributed by atoms with Gasteiger partial charge in [-0.2, -0.15) is 0 Å². The van der Waals surface area contributed by atoms with Crippen molar-refractivity contribution in [2.45, 2.75) is 30.1 Å². The number of halogens is 1. The summed E-state index contributed by atoms with van der Waals surface area (Å²) in [4.78, 5) is 0.687. The van der Waals surface area contributed by atoms with E-state index in [0.717, 1.165) is 0 Å². The van der Waals surface area contributed by atoms with E-state index in [1.54, 1.807) is 12.1 Å². The fourth-order valence-corrected chi connectivity index (χ4v) is 2.34. The molecule has 1 rings (SSSR count). The minimum atomic E-state index is -0.834. The summed E-state index contributed by atoms with van der Waals surface area (Å²) in [5.41, 5.74) is 0.308. The molecule has 0 saturated carbocycles. The Bertz CT molecular complexity index is 328. The molecule has 0 aliphatic carbocycles. The number of hydrogen-bond acceptors (Lipinski definition) is 3. The highest BCUT2D eigenvalue weighted by atomic mass is 32.2. The third kappa shape index (κ3) is 3.19. The van der Waals surface area contributed by atoms with Gasteiger partial charge in [-0.15, -0.1) is 11.8 Å². The molecule has 84 valence electrons. The van der Waals surface area contributed by atoms with Crippen LogP contribution in [0.25, 0.3) is 0 Å². The molecule has 0 heterocycles. The molecule has 0 fully saturated rings. The van der Waals surface area contributed by atoms with Gasteiger partial charge in [-0.3, -0.25) is 0 Å². The lowest BCUT2D eigenvalue weighted by Crippen LogP contribution is -2.05. The fraction of sp³-hybridized carbons (Fsp3) is 0.455. The predicted molar refractivity (Wildman–Crippen MR) is 59.4 cm³/mol. The molecule has 15 heavy (non-hydrogen) atoms. The van der Waals surface area contributed by atoms with E-state index in [1.807, 2.05) is 6.92 Å². The van der Waals surface area contributed by atoms with Crippen LogP contribution in [0.4, 0.5) is 4.39 Å². The first-order valence-corrected chi connectivity index (χ1v) is 5.68. The molecule has 0 saturated heterocycles. The highest BCUT2D eigenvalue weighted by Crippen LogP contribution is 2.32. The summed E-state index contributed by atoms with van der Waals surface area (Å²) in [5.74, 6) is -0.403. The lowest BCUT2D eigenvalue weighted by Gasteiger charge is -2.14. The molecule has 1 aromatic rings. The van der Waals surface area contributed by atoms with Gasteiger partial charge >= 0.3 is 0 Å². The Morgan fingerprint density at radius 1 is 1.40 bits per heavy atom. The number of aliphatic hydroxyl groups is 2. The van der Waals surface area contributed by atoms with Gasteiger partial charge in [0, 0.05) is 15.7 Å². The monoisotopic (exact) mass is 230 g/mol. The zero-order chi connectivity index (χ0) is 11.4. The average molecular weight is 230 g/mol. The minimum Gasteiger partial charge on any atom is -0.395 e. The molecule has 0 spiro atoms. The van der Waals surface area contributed by atoms with Gasteiger partial charge in [0.25, 0.3) is 0 Å². The molecule has 0 amide bonds. The predicted octanol–water partition coefficient (Wildman–Crippen LogP) is 2.35. The van der Waals surface area contributed by atoms with Crippen molar-refractivity contribution in [1.82, 2.24) is 0 Å². The summed E-state index contributed by atoms with van der Waals surface area (Å²) in [6.07, 6.45) is -0.834. The second-order valence-corrected chi connectivity index (χ2v) is 4.92. The Kier molecular flexibility index (Phi) is 4.57. The van der Waals surface area contributed by atoms with Crippen molar-refractivity contribution >= 4 is 11.8 Å². The van der Waals surface area contributed by atoms with Crippen molar-refractivity contribution in [2.75, 3.05) is 6.61 Å². The van der Waals surface area contributed by atoms with E-state index in [2.05, 4.69) is 0 Å². The fourth-order valence-electron chi connectivity index (χ4n) is 1.28. The van der Waals surface area contributed by atoms with E-state index < -0.39 is 11.9 Å². The van der Waals surface area contributed by atoms with Gasteiger partial charge in [0.15, 0.2) is 0 Å². The van der Waals surface area contributed by atoms with Crippen molar-refractivity contribution < 1.29 is 14.6 Å². The summed E-state index contributed by atoms with van der Waals surface area (Å²) in [6, 6.07) is 4.69. The second-order valence-electron chi connectivity index (χ2n) is 3.44. The van der Waals surface area contributed by atoms with Crippen LogP contribution in [0.5, 0.6) is 0 Å². The Morgan fingerprint density at radius 3 is 2.60 bits per heavy atom. The van der Waals surface area contributed by atoms with Crippen LogP contribution in [-0.4, -0.2) is 22.1 Å². The van der Waals surface area contributed by atoms with Crippen molar-refractivity contribution in [3.05, 3.63) is 29.6 Å². The zero-order valence-corrected chi connectivity index (χ0v) is 9.59. The van der Waals surface area contributed by atoms with Crippen molar-refractivity contribution in [3.63, 3.8) is 0 Å². The molecular weight excluding hydrogens is 215 g/mol. The number of benzene rings is 1. The topological polar surface area (TPSA) is 40.5 Å². The van der Waals surface area contributed by atoms with Gasteiger partial charge < -0.3 is 10.2 Å². The SMILES string of the molecule is CC(CO)Sc1cccc(F)c1[C@H](C)O. The molecule has 4 heteroatoms. The highest BCUT2D eigenvalue weighted by molar-refractivity contribution is 8.00. The first kappa shape index (κ1) is 12.5. The maximum Gasteiger partial charge on any atom is 0.130 e.